The molecule has 28 heavy (non-hydrogen) atoms. The van der Waals surface area contributed by atoms with E-state index >= 15 is 0 Å². The lowest BCUT2D eigenvalue weighted by atomic mass is 10.2. The van der Waals surface area contributed by atoms with Crippen LogP contribution in [0.1, 0.15) is 12.0 Å². The zero-order chi connectivity index (χ0) is 19.3. The van der Waals surface area contributed by atoms with Gasteiger partial charge >= 0.3 is 0 Å². The number of hydrogen-bond acceptors (Lipinski definition) is 5. The van der Waals surface area contributed by atoms with E-state index in [0.717, 1.165) is 5.56 Å². The van der Waals surface area contributed by atoms with Gasteiger partial charge in [-0.3, -0.25) is 14.9 Å². The molecule has 8 nitrogen and oxygen atoms in total. The van der Waals surface area contributed by atoms with Crippen molar-refractivity contribution >= 4 is 23.5 Å². The Kier molecular flexibility index (Phi) is 5.01. The molecule has 142 valence electrons. The van der Waals surface area contributed by atoms with E-state index in [1.807, 2.05) is 42.5 Å². The van der Waals surface area contributed by atoms with E-state index in [9.17, 15) is 9.59 Å². The number of carbonyl (C=O) groups is 2. The molecule has 0 bridgehead atoms. The average molecular weight is 377 g/mol. The third-order valence-corrected chi connectivity index (χ3v) is 4.35. The molecule has 0 aliphatic carbocycles. The quantitative estimate of drug-likeness (QED) is 0.710. The third kappa shape index (κ3) is 4.01. The van der Waals surface area contributed by atoms with Crippen molar-refractivity contribution in [3.8, 4) is 5.75 Å². The summed E-state index contributed by atoms with van der Waals surface area (Å²) in [6.45, 7) is 0.808. The van der Waals surface area contributed by atoms with Crippen molar-refractivity contribution in [3.63, 3.8) is 0 Å². The van der Waals surface area contributed by atoms with E-state index < -0.39 is 0 Å². The topological polar surface area (TPSA) is 89.4 Å². The molecule has 4 rings (SSSR count). The van der Waals surface area contributed by atoms with Gasteiger partial charge in [-0.25, -0.2) is 9.67 Å². The summed E-state index contributed by atoms with van der Waals surface area (Å²) in [6.07, 6.45) is 1.71. The maximum absolute atomic E-state index is 12.3. The van der Waals surface area contributed by atoms with Crippen molar-refractivity contribution < 1.29 is 14.3 Å². The molecule has 0 saturated carbocycles. The number of amides is 2. The Morgan fingerprint density at radius 3 is 2.75 bits per heavy atom. The van der Waals surface area contributed by atoms with Crippen molar-refractivity contribution in [1.82, 2.24) is 14.8 Å². The van der Waals surface area contributed by atoms with E-state index in [-0.39, 0.29) is 37.3 Å². The molecule has 1 aliphatic rings. The van der Waals surface area contributed by atoms with Crippen LogP contribution in [0, 0.1) is 0 Å². The molecule has 1 N–H and O–H groups in total. The highest BCUT2D eigenvalue weighted by atomic mass is 16.5. The first-order chi connectivity index (χ1) is 13.7. The number of carbonyl (C=O) groups excluding carboxylic acids is 2. The van der Waals surface area contributed by atoms with Gasteiger partial charge in [0.15, 0.2) is 6.61 Å². The van der Waals surface area contributed by atoms with Crippen LogP contribution >= 0.6 is 0 Å². The van der Waals surface area contributed by atoms with Crippen LogP contribution in [0.3, 0.4) is 0 Å². The fourth-order valence-corrected chi connectivity index (χ4v) is 3.00. The number of ether oxygens (including phenoxy) is 1. The molecule has 0 unspecified atom stereocenters. The second-order valence-electron chi connectivity index (χ2n) is 6.35. The van der Waals surface area contributed by atoms with E-state index in [0.29, 0.717) is 18.0 Å². The second kappa shape index (κ2) is 7.91. The van der Waals surface area contributed by atoms with Gasteiger partial charge in [0.05, 0.1) is 12.2 Å². The van der Waals surface area contributed by atoms with Crippen LogP contribution in [0.4, 0.5) is 11.6 Å². The zero-order valence-electron chi connectivity index (χ0n) is 15.1. The fourth-order valence-electron chi connectivity index (χ4n) is 3.00. The summed E-state index contributed by atoms with van der Waals surface area (Å²) in [5.41, 5.74) is 1.77. The highest BCUT2D eigenvalue weighted by Gasteiger charge is 2.25. The highest BCUT2D eigenvalue weighted by Crippen LogP contribution is 2.31. The zero-order valence-corrected chi connectivity index (χ0v) is 15.1. The monoisotopic (exact) mass is 377 g/mol. The molecule has 2 aromatic carbocycles. The summed E-state index contributed by atoms with van der Waals surface area (Å²) in [7, 11) is 0. The Bertz CT molecular complexity index is 986. The summed E-state index contributed by atoms with van der Waals surface area (Å²) in [5, 5.41) is 6.94. The summed E-state index contributed by atoms with van der Waals surface area (Å²) < 4.78 is 7.06. The molecule has 3 aromatic rings. The molecule has 8 heteroatoms. The van der Waals surface area contributed by atoms with Gasteiger partial charge in [0.25, 0.3) is 5.91 Å². The second-order valence-corrected chi connectivity index (χ2v) is 6.35. The predicted octanol–water partition coefficient (Wildman–Crippen LogP) is 2.08. The SMILES string of the molecule is O=C(CCN1C(=O)COc2ccccc21)Nc1ncn(Cc2ccccc2)n1. The summed E-state index contributed by atoms with van der Waals surface area (Å²) in [4.78, 5) is 30.1. The molecule has 1 aromatic heterocycles. The number of nitrogens with zero attached hydrogens (tertiary/aromatic N) is 4. The molecule has 0 atom stereocenters. The van der Waals surface area contributed by atoms with Gasteiger partial charge in [0.1, 0.15) is 12.1 Å². The molecule has 0 radical (unpaired) electrons. The number of aromatic nitrogens is 3. The lowest BCUT2D eigenvalue weighted by Crippen LogP contribution is -2.40. The third-order valence-electron chi connectivity index (χ3n) is 4.35. The predicted molar refractivity (Wildman–Crippen MR) is 103 cm³/mol. The minimum Gasteiger partial charge on any atom is -0.482 e. The minimum absolute atomic E-state index is 0.0237. The smallest absolute Gasteiger partial charge is 0.265 e. The molecule has 0 spiro atoms. The van der Waals surface area contributed by atoms with Crippen LogP contribution in [-0.4, -0.2) is 39.7 Å². The van der Waals surface area contributed by atoms with E-state index in [2.05, 4.69) is 15.4 Å². The molecule has 0 saturated heterocycles. The number of para-hydroxylation sites is 2. The van der Waals surface area contributed by atoms with Gasteiger partial charge in [-0.2, -0.15) is 0 Å². The molecule has 1 aliphatic heterocycles. The minimum atomic E-state index is -0.255. The number of nitrogens with one attached hydrogen (secondary N) is 1. The molecule has 2 amide bonds. The van der Waals surface area contributed by atoms with E-state index in [4.69, 9.17) is 4.74 Å². The maximum atomic E-state index is 12.3. The Hall–Kier alpha value is -3.68. The molecule has 0 fully saturated rings. The average Bonchev–Trinajstić information content (AvgIpc) is 3.14. The summed E-state index contributed by atoms with van der Waals surface area (Å²) in [6, 6.07) is 17.1. The Balaban J connectivity index is 1.33. The lowest BCUT2D eigenvalue weighted by Gasteiger charge is -2.29. The van der Waals surface area contributed by atoms with Crippen LogP contribution < -0.4 is 15.0 Å². The van der Waals surface area contributed by atoms with Crippen LogP contribution in [0.2, 0.25) is 0 Å². The normalized spacial score (nSPS) is 13.0. The lowest BCUT2D eigenvalue weighted by molar-refractivity contribution is -0.121. The number of hydrogen-bond donors (Lipinski definition) is 1. The summed E-state index contributed by atoms with van der Waals surface area (Å²) in [5.74, 6) is 0.462. The van der Waals surface area contributed by atoms with Crippen molar-refractivity contribution in [2.24, 2.45) is 0 Å². The van der Waals surface area contributed by atoms with Crippen molar-refractivity contribution in [2.45, 2.75) is 13.0 Å². The van der Waals surface area contributed by atoms with Gasteiger partial charge in [-0.1, -0.05) is 42.5 Å². The van der Waals surface area contributed by atoms with E-state index in [1.54, 1.807) is 28.0 Å². The first-order valence-corrected chi connectivity index (χ1v) is 8.94. The standard InChI is InChI=1S/C20H19N5O3/c26-18(10-11-25-16-8-4-5-9-17(16)28-13-19(25)27)22-20-21-14-24(23-20)12-15-6-2-1-3-7-15/h1-9,14H,10-13H2,(H,22,23,26). The van der Waals surface area contributed by atoms with Crippen molar-refractivity contribution in [2.75, 3.05) is 23.4 Å². The number of rotatable bonds is 6. The first-order valence-electron chi connectivity index (χ1n) is 8.94. The Labute approximate surface area is 161 Å². The van der Waals surface area contributed by atoms with Gasteiger partial charge in [0.2, 0.25) is 11.9 Å². The summed E-state index contributed by atoms with van der Waals surface area (Å²) >= 11 is 0. The number of fused-ring (bicyclic) bond motifs is 1. The Morgan fingerprint density at radius 1 is 1.11 bits per heavy atom. The maximum Gasteiger partial charge on any atom is 0.265 e. The van der Waals surface area contributed by atoms with Crippen LogP contribution in [0.15, 0.2) is 60.9 Å². The Morgan fingerprint density at radius 2 is 1.89 bits per heavy atom. The van der Waals surface area contributed by atoms with Crippen LogP contribution in [-0.2, 0) is 16.1 Å². The van der Waals surface area contributed by atoms with Gasteiger partial charge < -0.3 is 9.64 Å². The largest absolute Gasteiger partial charge is 0.482 e. The molecular formula is C20H19N5O3. The van der Waals surface area contributed by atoms with Gasteiger partial charge in [-0.05, 0) is 17.7 Å². The molecular weight excluding hydrogens is 358 g/mol. The number of benzene rings is 2. The molecule has 2 heterocycles. The fraction of sp³-hybridized carbons (Fsp3) is 0.200. The van der Waals surface area contributed by atoms with Crippen molar-refractivity contribution in [3.05, 3.63) is 66.5 Å². The number of anilines is 2. The first kappa shape index (κ1) is 17.7. The van der Waals surface area contributed by atoms with Crippen LogP contribution in [0.5, 0.6) is 5.75 Å². The highest BCUT2D eigenvalue weighted by molar-refractivity contribution is 5.99. The van der Waals surface area contributed by atoms with Gasteiger partial charge in [-0.15, -0.1) is 5.10 Å². The van der Waals surface area contributed by atoms with Crippen LogP contribution in [0.25, 0.3) is 0 Å². The van der Waals surface area contributed by atoms with E-state index in [1.165, 1.54) is 0 Å². The van der Waals surface area contributed by atoms with Crippen molar-refractivity contribution in [1.29, 1.82) is 0 Å². The van der Waals surface area contributed by atoms with Gasteiger partial charge in [0, 0.05) is 13.0 Å².